The third-order valence-corrected chi connectivity index (χ3v) is 4.31. The van der Waals surface area contributed by atoms with Crippen molar-refractivity contribution >= 4 is 36.0 Å². The summed E-state index contributed by atoms with van der Waals surface area (Å²) in [5.41, 5.74) is 2.82. The number of benzene rings is 2. The van der Waals surface area contributed by atoms with E-state index in [1.54, 1.807) is 0 Å². The first-order chi connectivity index (χ1) is 8.28. The van der Waals surface area contributed by atoms with Crippen LogP contribution in [0.25, 0.3) is 10.8 Å². The van der Waals surface area contributed by atoms with E-state index in [1.807, 2.05) is 0 Å². The SMILES string of the molecule is SCCc1ccc2cc(C3CC3S)ccc2c1. The minimum atomic E-state index is 0.580. The molecule has 17 heavy (non-hydrogen) atoms. The summed E-state index contributed by atoms with van der Waals surface area (Å²) >= 11 is 8.79. The van der Waals surface area contributed by atoms with E-state index in [1.165, 1.54) is 28.3 Å². The van der Waals surface area contributed by atoms with E-state index in [0.29, 0.717) is 11.2 Å². The zero-order chi connectivity index (χ0) is 11.8. The molecule has 1 aliphatic rings. The van der Waals surface area contributed by atoms with Gasteiger partial charge in [0.1, 0.15) is 0 Å². The van der Waals surface area contributed by atoms with Crippen LogP contribution in [0, 0.1) is 0 Å². The van der Waals surface area contributed by atoms with E-state index in [4.69, 9.17) is 0 Å². The van der Waals surface area contributed by atoms with Crippen molar-refractivity contribution in [2.24, 2.45) is 0 Å². The lowest BCUT2D eigenvalue weighted by Gasteiger charge is -2.05. The highest BCUT2D eigenvalue weighted by Crippen LogP contribution is 2.45. The zero-order valence-electron chi connectivity index (χ0n) is 9.63. The maximum Gasteiger partial charge on any atom is 0.00921 e. The van der Waals surface area contributed by atoms with Crippen molar-refractivity contribution in [2.45, 2.75) is 24.0 Å². The summed E-state index contributed by atoms with van der Waals surface area (Å²) in [6.07, 6.45) is 2.27. The Labute approximate surface area is 113 Å². The van der Waals surface area contributed by atoms with Gasteiger partial charge in [-0.25, -0.2) is 0 Å². The molecule has 0 amide bonds. The number of aryl methyl sites for hydroxylation is 1. The van der Waals surface area contributed by atoms with E-state index < -0.39 is 0 Å². The van der Waals surface area contributed by atoms with Crippen LogP contribution in [0.4, 0.5) is 0 Å². The van der Waals surface area contributed by atoms with Crippen LogP contribution in [-0.4, -0.2) is 11.0 Å². The molecule has 0 N–H and O–H groups in total. The molecule has 88 valence electrons. The molecule has 0 bridgehead atoms. The van der Waals surface area contributed by atoms with Crippen molar-refractivity contribution in [3.8, 4) is 0 Å². The Morgan fingerprint density at radius 1 is 1.06 bits per heavy atom. The van der Waals surface area contributed by atoms with Gasteiger partial charge in [-0.1, -0.05) is 36.4 Å². The fourth-order valence-corrected chi connectivity index (χ4v) is 3.03. The third kappa shape index (κ3) is 2.34. The largest absolute Gasteiger partial charge is 0.179 e. The Bertz CT molecular complexity index is 548. The van der Waals surface area contributed by atoms with E-state index in [-0.39, 0.29) is 0 Å². The number of rotatable bonds is 3. The molecule has 2 heteroatoms. The summed E-state index contributed by atoms with van der Waals surface area (Å²) in [6.45, 7) is 0. The van der Waals surface area contributed by atoms with Crippen LogP contribution in [0.15, 0.2) is 36.4 Å². The molecular weight excluding hydrogens is 244 g/mol. The van der Waals surface area contributed by atoms with Crippen LogP contribution in [0.5, 0.6) is 0 Å². The van der Waals surface area contributed by atoms with Crippen molar-refractivity contribution in [3.05, 3.63) is 47.5 Å². The minimum Gasteiger partial charge on any atom is -0.179 e. The average molecular weight is 260 g/mol. The van der Waals surface area contributed by atoms with Crippen molar-refractivity contribution in [1.29, 1.82) is 0 Å². The molecule has 2 aromatic rings. The lowest BCUT2D eigenvalue weighted by Crippen LogP contribution is -1.87. The lowest BCUT2D eigenvalue weighted by atomic mass is 10.0. The highest BCUT2D eigenvalue weighted by Gasteiger charge is 2.34. The second-order valence-electron chi connectivity index (χ2n) is 4.82. The van der Waals surface area contributed by atoms with Crippen molar-refractivity contribution in [1.82, 2.24) is 0 Å². The second-order valence-corrected chi connectivity index (χ2v) is 5.93. The van der Waals surface area contributed by atoms with Crippen LogP contribution in [0.2, 0.25) is 0 Å². The van der Waals surface area contributed by atoms with Gasteiger partial charge in [0.2, 0.25) is 0 Å². The van der Waals surface area contributed by atoms with Crippen LogP contribution >= 0.6 is 25.3 Å². The Kier molecular flexibility index (Phi) is 3.10. The Balaban J connectivity index is 1.97. The molecule has 0 radical (unpaired) electrons. The van der Waals surface area contributed by atoms with Gasteiger partial charge < -0.3 is 0 Å². The first kappa shape index (κ1) is 11.5. The molecule has 0 nitrogen and oxygen atoms in total. The molecule has 3 rings (SSSR count). The standard InChI is InChI=1S/C15H16S2/c16-6-5-10-1-2-12-8-13(14-9-15(14)17)4-3-11(12)7-10/h1-4,7-8,14-17H,5-6,9H2. The number of hydrogen-bond acceptors (Lipinski definition) is 2. The minimum absolute atomic E-state index is 0.580. The fourth-order valence-electron chi connectivity index (χ4n) is 2.37. The Hall–Kier alpha value is -0.600. The molecule has 1 fully saturated rings. The molecule has 1 aliphatic carbocycles. The first-order valence-electron chi connectivity index (χ1n) is 6.09. The Morgan fingerprint density at radius 3 is 2.47 bits per heavy atom. The maximum absolute atomic E-state index is 4.51. The molecule has 2 unspecified atom stereocenters. The third-order valence-electron chi connectivity index (χ3n) is 3.51. The van der Waals surface area contributed by atoms with Gasteiger partial charge >= 0.3 is 0 Å². The molecule has 0 aliphatic heterocycles. The quantitative estimate of drug-likeness (QED) is 0.763. The van der Waals surface area contributed by atoms with Gasteiger partial charge in [-0.05, 0) is 46.4 Å². The van der Waals surface area contributed by atoms with Gasteiger partial charge in [0, 0.05) is 5.25 Å². The van der Waals surface area contributed by atoms with E-state index in [0.717, 1.165) is 12.2 Å². The predicted octanol–water partition coefficient (Wildman–Crippen LogP) is 4.10. The zero-order valence-corrected chi connectivity index (χ0v) is 11.4. The monoisotopic (exact) mass is 260 g/mol. The smallest absolute Gasteiger partial charge is 0.00921 e. The highest BCUT2D eigenvalue weighted by molar-refractivity contribution is 7.81. The first-order valence-corrected chi connectivity index (χ1v) is 7.24. The number of thiol groups is 2. The molecule has 0 spiro atoms. The van der Waals surface area contributed by atoms with Crippen LogP contribution in [-0.2, 0) is 6.42 Å². The van der Waals surface area contributed by atoms with E-state index in [2.05, 4.69) is 61.7 Å². The van der Waals surface area contributed by atoms with Crippen LogP contribution < -0.4 is 0 Å². The molecular formula is C15H16S2. The number of hydrogen-bond donors (Lipinski definition) is 2. The molecule has 2 atom stereocenters. The summed E-state index contributed by atoms with van der Waals surface area (Å²) in [4.78, 5) is 0. The number of fused-ring (bicyclic) bond motifs is 1. The van der Waals surface area contributed by atoms with Gasteiger partial charge in [0.15, 0.2) is 0 Å². The molecule has 1 saturated carbocycles. The summed E-state index contributed by atoms with van der Waals surface area (Å²) in [6, 6.07) is 13.5. The molecule has 2 aromatic carbocycles. The van der Waals surface area contributed by atoms with Crippen molar-refractivity contribution in [2.75, 3.05) is 5.75 Å². The van der Waals surface area contributed by atoms with Crippen LogP contribution in [0.1, 0.15) is 23.5 Å². The summed E-state index contributed by atoms with van der Waals surface area (Å²) < 4.78 is 0. The van der Waals surface area contributed by atoms with Gasteiger partial charge in [0.25, 0.3) is 0 Å². The molecule has 0 heterocycles. The van der Waals surface area contributed by atoms with Crippen molar-refractivity contribution in [3.63, 3.8) is 0 Å². The molecule has 0 saturated heterocycles. The van der Waals surface area contributed by atoms with Crippen molar-refractivity contribution < 1.29 is 0 Å². The predicted molar refractivity (Wildman–Crippen MR) is 81.6 cm³/mol. The average Bonchev–Trinajstić information content (AvgIpc) is 3.06. The van der Waals surface area contributed by atoms with Crippen LogP contribution in [0.3, 0.4) is 0 Å². The van der Waals surface area contributed by atoms with Gasteiger partial charge in [0.05, 0.1) is 0 Å². The van der Waals surface area contributed by atoms with Gasteiger partial charge in [-0.15, -0.1) is 0 Å². The Morgan fingerprint density at radius 2 is 1.76 bits per heavy atom. The summed E-state index contributed by atoms with van der Waals surface area (Å²) in [5.74, 6) is 1.59. The van der Waals surface area contributed by atoms with Gasteiger partial charge in [-0.3, -0.25) is 0 Å². The normalized spacial score (nSPS) is 22.9. The fraction of sp³-hybridized carbons (Fsp3) is 0.333. The molecule has 0 aromatic heterocycles. The maximum atomic E-state index is 4.51. The second kappa shape index (κ2) is 4.58. The summed E-state index contributed by atoms with van der Waals surface area (Å²) in [5, 5.41) is 3.26. The van der Waals surface area contributed by atoms with E-state index in [9.17, 15) is 0 Å². The van der Waals surface area contributed by atoms with E-state index >= 15 is 0 Å². The van der Waals surface area contributed by atoms with Gasteiger partial charge in [-0.2, -0.15) is 25.3 Å². The lowest BCUT2D eigenvalue weighted by molar-refractivity contribution is 1.14. The topological polar surface area (TPSA) is 0 Å². The summed E-state index contributed by atoms with van der Waals surface area (Å²) in [7, 11) is 0. The highest BCUT2D eigenvalue weighted by atomic mass is 32.1.